The molecule has 0 atom stereocenters. The number of para-hydroxylation sites is 1. The van der Waals surface area contributed by atoms with E-state index >= 15 is 0 Å². The first-order chi connectivity index (χ1) is 15.4. The SMILES string of the molecule is c1ccc2c(c1)[nH]c1c3ccc4sc5ccccc5c4c3c3c4ccccc4sc3c21. The quantitative estimate of drug-likeness (QED) is 0.247. The maximum Gasteiger partial charge on any atom is 0.0559 e. The minimum absolute atomic E-state index is 1.21. The zero-order valence-electron chi connectivity index (χ0n) is 16.4. The molecule has 8 aromatic rings. The van der Waals surface area contributed by atoms with Gasteiger partial charge in [0, 0.05) is 67.4 Å². The monoisotopic (exact) mass is 429 g/mol. The maximum absolute atomic E-state index is 3.77. The average Bonchev–Trinajstić information content (AvgIpc) is 3.49. The minimum atomic E-state index is 1.21. The summed E-state index contributed by atoms with van der Waals surface area (Å²) >= 11 is 3.82. The Balaban J connectivity index is 1.82. The zero-order chi connectivity index (χ0) is 20.1. The summed E-state index contributed by atoms with van der Waals surface area (Å²) in [6.45, 7) is 0. The van der Waals surface area contributed by atoms with Crippen molar-refractivity contribution in [1.82, 2.24) is 4.98 Å². The molecular formula is C28H15NS2. The van der Waals surface area contributed by atoms with E-state index in [1.54, 1.807) is 0 Å². The molecular weight excluding hydrogens is 414 g/mol. The fraction of sp³-hybridized carbons (Fsp3) is 0. The van der Waals surface area contributed by atoms with E-state index in [2.05, 4.69) is 89.9 Å². The van der Waals surface area contributed by atoms with Crippen LogP contribution in [0.1, 0.15) is 0 Å². The second kappa shape index (κ2) is 5.64. The molecule has 3 heteroatoms. The summed E-state index contributed by atoms with van der Waals surface area (Å²) < 4.78 is 5.47. The minimum Gasteiger partial charge on any atom is -0.354 e. The largest absolute Gasteiger partial charge is 0.354 e. The number of aromatic nitrogens is 1. The molecule has 144 valence electrons. The van der Waals surface area contributed by atoms with Gasteiger partial charge in [0.1, 0.15) is 0 Å². The Hall–Kier alpha value is -3.40. The van der Waals surface area contributed by atoms with Crippen LogP contribution in [-0.4, -0.2) is 4.98 Å². The predicted octanol–water partition coefficient (Wildman–Crippen LogP) is 9.21. The molecule has 1 N–H and O–H groups in total. The van der Waals surface area contributed by atoms with E-state index < -0.39 is 0 Å². The molecule has 3 heterocycles. The summed E-state index contributed by atoms with van der Waals surface area (Å²) in [7, 11) is 0. The van der Waals surface area contributed by atoms with Crippen molar-refractivity contribution in [3.63, 3.8) is 0 Å². The van der Waals surface area contributed by atoms with Crippen molar-refractivity contribution in [2.24, 2.45) is 0 Å². The summed E-state index contributed by atoms with van der Waals surface area (Å²) in [6, 6.07) is 31.1. The van der Waals surface area contributed by atoms with Gasteiger partial charge in [0.2, 0.25) is 0 Å². The van der Waals surface area contributed by atoms with E-state index in [0.717, 1.165) is 0 Å². The molecule has 0 bridgehead atoms. The molecule has 31 heavy (non-hydrogen) atoms. The van der Waals surface area contributed by atoms with Crippen LogP contribution < -0.4 is 0 Å². The molecule has 3 aromatic heterocycles. The first kappa shape index (κ1) is 16.3. The van der Waals surface area contributed by atoms with Crippen LogP contribution in [0.5, 0.6) is 0 Å². The topological polar surface area (TPSA) is 15.8 Å². The van der Waals surface area contributed by atoms with Crippen LogP contribution in [0.2, 0.25) is 0 Å². The van der Waals surface area contributed by atoms with Gasteiger partial charge in [0.05, 0.1) is 5.52 Å². The molecule has 5 aromatic carbocycles. The number of hydrogen-bond acceptors (Lipinski definition) is 2. The number of fused-ring (bicyclic) bond motifs is 14. The molecule has 0 spiro atoms. The van der Waals surface area contributed by atoms with Crippen LogP contribution in [-0.2, 0) is 0 Å². The third kappa shape index (κ3) is 1.96. The van der Waals surface area contributed by atoms with Crippen molar-refractivity contribution >= 4 is 95.6 Å². The number of hydrogen-bond donors (Lipinski definition) is 1. The highest BCUT2D eigenvalue weighted by Gasteiger charge is 2.20. The summed E-state index contributed by atoms with van der Waals surface area (Å²) in [4.78, 5) is 3.77. The van der Waals surface area contributed by atoms with Crippen LogP contribution in [0, 0.1) is 0 Å². The first-order valence-electron chi connectivity index (χ1n) is 10.5. The van der Waals surface area contributed by atoms with Gasteiger partial charge in [-0.2, -0.15) is 0 Å². The molecule has 0 aliphatic heterocycles. The number of thiophene rings is 2. The van der Waals surface area contributed by atoms with Crippen LogP contribution in [0.3, 0.4) is 0 Å². The standard InChI is InChI=1S/C28H15NS2/c1-4-10-19-15(7-1)26-27(29-19)18-13-14-22-23(16-8-2-5-11-20(16)30-22)24(18)25-17-9-3-6-12-21(17)31-28(25)26/h1-14,29H. The molecule has 0 aliphatic rings. The van der Waals surface area contributed by atoms with Gasteiger partial charge in [0.15, 0.2) is 0 Å². The van der Waals surface area contributed by atoms with Crippen LogP contribution >= 0.6 is 22.7 Å². The first-order valence-corrected chi connectivity index (χ1v) is 12.1. The van der Waals surface area contributed by atoms with E-state index in [9.17, 15) is 0 Å². The molecule has 1 nitrogen and oxygen atoms in total. The van der Waals surface area contributed by atoms with Crippen molar-refractivity contribution in [2.75, 3.05) is 0 Å². The Morgan fingerprint density at radius 1 is 0.452 bits per heavy atom. The molecule has 0 fully saturated rings. The van der Waals surface area contributed by atoms with Crippen molar-refractivity contribution in [3.8, 4) is 0 Å². The van der Waals surface area contributed by atoms with Gasteiger partial charge in [0.25, 0.3) is 0 Å². The molecule has 0 amide bonds. The molecule has 0 saturated heterocycles. The van der Waals surface area contributed by atoms with E-state index in [1.807, 2.05) is 22.7 Å². The van der Waals surface area contributed by atoms with Crippen molar-refractivity contribution in [1.29, 1.82) is 0 Å². The second-order valence-corrected chi connectivity index (χ2v) is 10.3. The number of benzene rings is 5. The third-order valence-corrected chi connectivity index (χ3v) is 8.92. The lowest BCUT2D eigenvalue weighted by molar-refractivity contribution is 1.57. The lowest BCUT2D eigenvalue weighted by Crippen LogP contribution is -1.80. The Labute approximate surface area is 185 Å². The Bertz CT molecular complexity index is 2000. The van der Waals surface area contributed by atoms with E-state index in [0.29, 0.717) is 0 Å². The lowest BCUT2D eigenvalue weighted by Gasteiger charge is -2.07. The van der Waals surface area contributed by atoms with Crippen molar-refractivity contribution in [2.45, 2.75) is 0 Å². The van der Waals surface area contributed by atoms with Gasteiger partial charge in [-0.05, 0) is 24.3 Å². The van der Waals surface area contributed by atoms with Gasteiger partial charge >= 0.3 is 0 Å². The Morgan fingerprint density at radius 3 is 1.97 bits per heavy atom. The third-order valence-electron chi connectivity index (χ3n) is 6.59. The van der Waals surface area contributed by atoms with Gasteiger partial charge in [-0.1, -0.05) is 60.7 Å². The number of H-pyrrole nitrogens is 1. The van der Waals surface area contributed by atoms with Gasteiger partial charge in [-0.25, -0.2) is 0 Å². The fourth-order valence-corrected chi connectivity index (χ4v) is 7.72. The summed E-state index contributed by atoms with van der Waals surface area (Å²) in [5.41, 5.74) is 2.46. The summed E-state index contributed by atoms with van der Waals surface area (Å²) in [5.74, 6) is 0. The van der Waals surface area contributed by atoms with E-state index in [4.69, 9.17) is 0 Å². The van der Waals surface area contributed by atoms with Gasteiger partial charge < -0.3 is 4.98 Å². The summed E-state index contributed by atoms with van der Waals surface area (Å²) in [5, 5.41) is 10.9. The predicted molar refractivity (Wildman–Crippen MR) is 139 cm³/mol. The highest BCUT2D eigenvalue weighted by atomic mass is 32.1. The maximum atomic E-state index is 3.77. The number of aromatic amines is 1. The molecule has 0 saturated carbocycles. The molecule has 0 aliphatic carbocycles. The highest BCUT2D eigenvalue weighted by molar-refractivity contribution is 7.27. The highest BCUT2D eigenvalue weighted by Crippen LogP contribution is 2.49. The number of rotatable bonds is 0. The molecule has 0 radical (unpaired) electrons. The van der Waals surface area contributed by atoms with Crippen LogP contribution in [0.15, 0.2) is 84.9 Å². The summed E-state index contributed by atoms with van der Waals surface area (Å²) in [6.07, 6.45) is 0. The van der Waals surface area contributed by atoms with Crippen molar-refractivity contribution in [3.05, 3.63) is 84.9 Å². The number of nitrogens with one attached hydrogen (secondary N) is 1. The van der Waals surface area contributed by atoms with E-state index in [-0.39, 0.29) is 0 Å². The van der Waals surface area contributed by atoms with E-state index in [1.165, 1.54) is 72.9 Å². The lowest BCUT2D eigenvalue weighted by atomic mass is 9.96. The van der Waals surface area contributed by atoms with Gasteiger partial charge in [-0.15, -0.1) is 22.7 Å². The smallest absolute Gasteiger partial charge is 0.0559 e. The van der Waals surface area contributed by atoms with Crippen molar-refractivity contribution < 1.29 is 0 Å². The average molecular weight is 430 g/mol. The van der Waals surface area contributed by atoms with Crippen LogP contribution in [0.4, 0.5) is 0 Å². The second-order valence-electron chi connectivity index (χ2n) is 8.18. The molecule has 8 rings (SSSR count). The zero-order valence-corrected chi connectivity index (χ0v) is 18.0. The van der Waals surface area contributed by atoms with Gasteiger partial charge in [-0.3, -0.25) is 0 Å². The van der Waals surface area contributed by atoms with Crippen LogP contribution in [0.25, 0.3) is 72.9 Å². The fourth-order valence-electron chi connectivity index (χ4n) is 5.33. The Kier molecular flexibility index (Phi) is 2.97. The Morgan fingerprint density at radius 2 is 1.13 bits per heavy atom. The normalized spacial score (nSPS) is 12.5. The molecule has 0 unspecified atom stereocenters.